The maximum absolute atomic E-state index is 13.5. The number of halogens is 1. The lowest BCUT2D eigenvalue weighted by molar-refractivity contribution is 0.558. The Morgan fingerprint density at radius 3 is 2.50 bits per heavy atom. The van der Waals surface area contributed by atoms with Crippen molar-refractivity contribution in [3.63, 3.8) is 0 Å². The molecular weight excluding hydrogens is 429 g/mol. The SMILES string of the molecule is Fc1ccc(-c2nn(-c3ccccc3)cc2/C=C/c2nnc(-c3c[nH]c4ccccc34)o2)cc1. The van der Waals surface area contributed by atoms with Crippen molar-refractivity contribution in [2.75, 3.05) is 0 Å². The van der Waals surface area contributed by atoms with Crippen LogP contribution in [0, 0.1) is 5.82 Å². The van der Waals surface area contributed by atoms with Gasteiger partial charge in [-0.3, -0.25) is 0 Å². The number of hydrogen-bond acceptors (Lipinski definition) is 4. The minimum absolute atomic E-state index is 0.293. The Hall–Kier alpha value is -4.78. The average Bonchev–Trinajstić information content (AvgIpc) is 3.62. The molecule has 0 amide bonds. The molecule has 0 bridgehead atoms. The molecule has 0 unspecified atom stereocenters. The minimum atomic E-state index is -0.293. The molecule has 0 aliphatic heterocycles. The molecule has 6 aromatic rings. The summed E-state index contributed by atoms with van der Waals surface area (Å²) in [5.41, 5.74) is 5.14. The zero-order chi connectivity index (χ0) is 22.9. The van der Waals surface area contributed by atoms with Gasteiger partial charge in [0.25, 0.3) is 0 Å². The summed E-state index contributed by atoms with van der Waals surface area (Å²) in [5.74, 6) is 0.521. The lowest BCUT2D eigenvalue weighted by Crippen LogP contribution is -1.94. The van der Waals surface area contributed by atoms with Gasteiger partial charge < -0.3 is 9.40 Å². The van der Waals surface area contributed by atoms with Crippen molar-refractivity contribution in [1.82, 2.24) is 25.0 Å². The predicted octanol–water partition coefficient (Wildman–Crippen LogP) is 6.38. The number of para-hydroxylation sites is 2. The van der Waals surface area contributed by atoms with E-state index in [2.05, 4.69) is 15.2 Å². The monoisotopic (exact) mass is 447 g/mol. The molecule has 6 nitrogen and oxygen atoms in total. The van der Waals surface area contributed by atoms with Gasteiger partial charge in [-0.05, 0) is 48.5 Å². The first-order chi connectivity index (χ1) is 16.7. The summed E-state index contributed by atoms with van der Waals surface area (Å²) >= 11 is 0. The van der Waals surface area contributed by atoms with Crippen LogP contribution in [0.3, 0.4) is 0 Å². The highest BCUT2D eigenvalue weighted by atomic mass is 19.1. The van der Waals surface area contributed by atoms with Gasteiger partial charge in [-0.25, -0.2) is 9.07 Å². The van der Waals surface area contributed by atoms with E-state index in [1.807, 2.05) is 73.1 Å². The number of rotatable bonds is 5. The average molecular weight is 447 g/mol. The van der Waals surface area contributed by atoms with Gasteiger partial charge in [-0.15, -0.1) is 10.2 Å². The van der Waals surface area contributed by atoms with Crippen LogP contribution in [0.4, 0.5) is 4.39 Å². The normalized spacial score (nSPS) is 11.6. The van der Waals surface area contributed by atoms with Crippen molar-refractivity contribution in [1.29, 1.82) is 0 Å². The van der Waals surface area contributed by atoms with Crippen LogP contribution >= 0.6 is 0 Å². The summed E-state index contributed by atoms with van der Waals surface area (Å²) < 4.78 is 21.2. The summed E-state index contributed by atoms with van der Waals surface area (Å²) in [6.07, 6.45) is 7.41. The number of aromatic nitrogens is 5. The molecule has 3 aromatic carbocycles. The molecule has 0 saturated heterocycles. The molecule has 1 N–H and O–H groups in total. The lowest BCUT2D eigenvalue weighted by Gasteiger charge is -2.00. The third-order valence-corrected chi connectivity index (χ3v) is 5.55. The van der Waals surface area contributed by atoms with Crippen molar-refractivity contribution < 1.29 is 8.81 Å². The molecule has 6 rings (SSSR count). The van der Waals surface area contributed by atoms with Gasteiger partial charge in [0.15, 0.2) is 0 Å². The molecule has 3 heterocycles. The molecule has 0 saturated carbocycles. The molecule has 34 heavy (non-hydrogen) atoms. The van der Waals surface area contributed by atoms with E-state index < -0.39 is 0 Å². The second-order valence-corrected chi connectivity index (χ2v) is 7.75. The van der Waals surface area contributed by atoms with Crippen LogP contribution in [0.1, 0.15) is 11.5 Å². The summed E-state index contributed by atoms with van der Waals surface area (Å²) in [7, 11) is 0. The number of nitrogens with one attached hydrogen (secondary N) is 1. The first kappa shape index (κ1) is 19.9. The van der Waals surface area contributed by atoms with Crippen LogP contribution in [0.2, 0.25) is 0 Å². The molecule has 0 aliphatic carbocycles. The number of hydrogen-bond donors (Lipinski definition) is 1. The van der Waals surface area contributed by atoms with E-state index >= 15 is 0 Å². The maximum Gasteiger partial charge on any atom is 0.250 e. The number of fused-ring (bicyclic) bond motifs is 1. The first-order valence-corrected chi connectivity index (χ1v) is 10.7. The van der Waals surface area contributed by atoms with E-state index in [1.165, 1.54) is 12.1 Å². The largest absolute Gasteiger partial charge is 0.417 e. The van der Waals surface area contributed by atoms with Crippen LogP contribution in [-0.4, -0.2) is 25.0 Å². The van der Waals surface area contributed by atoms with Crippen molar-refractivity contribution in [3.8, 4) is 28.4 Å². The highest BCUT2D eigenvalue weighted by Gasteiger charge is 2.14. The lowest BCUT2D eigenvalue weighted by atomic mass is 10.1. The van der Waals surface area contributed by atoms with Crippen molar-refractivity contribution in [3.05, 3.63) is 109 Å². The second-order valence-electron chi connectivity index (χ2n) is 7.75. The Morgan fingerprint density at radius 2 is 1.65 bits per heavy atom. The van der Waals surface area contributed by atoms with E-state index in [1.54, 1.807) is 22.9 Å². The number of aromatic amines is 1. The fraction of sp³-hybridized carbons (Fsp3) is 0. The van der Waals surface area contributed by atoms with Crippen molar-refractivity contribution in [2.24, 2.45) is 0 Å². The van der Waals surface area contributed by atoms with Gasteiger partial charge in [-0.1, -0.05) is 36.4 Å². The zero-order valence-electron chi connectivity index (χ0n) is 17.9. The molecule has 7 heteroatoms. The van der Waals surface area contributed by atoms with E-state index in [0.717, 1.165) is 39.0 Å². The zero-order valence-corrected chi connectivity index (χ0v) is 17.9. The Morgan fingerprint density at radius 1 is 0.853 bits per heavy atom. The molecular formula is C27H18FN5O. The molecule has 0 spiro atoms. The third-order valence-electron chi connectivity index (χ3n) is 5.55. The topological polar surface area (TPSA) is 72.5 Å². The second kappa shape index (κ2) is 8.29. The molecule has 0 aliphatic rings. The van der Waals surface area contributed by atoms with E-state index in [9.17, 15) is 4.39 Å². The van der Waals surface area contributed by atoms with Gasteiger partial charge in [-0.2, -0.15) is 5.10 Å². The van der Waals surface area contributed by atoms with Crippen LogP contribution in [0.25, 0.3) is 51.5 Å². The molecule has 164 valence electrons. The summed E-state index contributed by atoms with van der Waals surface area (Å²) in [4.78, 5) is 3.22. The van der Waals surface area contributed by atoms with Crippen LogP contribution in [-0.2, 0) is 0 Å². The Bertz CT molecular complexity index is 1610. The molecule has 0 radical (unpaired) electrons. The first-order valence-electron chi connectivity index (χ1n) is 10.7. The standard InChI is InChI=1S/C27H18FN5O/c28-20-13-10-18(11-14-20)26-19(17-33(32-26)21-6-2-1-3-7-21)12-15-25-30-31-27(34-25)23-16-29-24-9-5-4-8-22(23)24/h1-17,29H/b15-12+. The Balaban J connectivity index is 1.36. The number of benzene rings is 3. The fourth-order valence-corrected chi connectivity index (χ4v) is 3.87. The van der Waals surface area contributed by atoms with E-state index in [4.69, 9.17) is 9.52 Å². The summed E-state index contributed by atoms with van der Waals surface area (Å²) in [6.45, 7) is 0. The van der Waals surface area contributed by atoms with Gasteiger partial charge in [0.1, 0.15) is 5.82 Å². The predicted molar refractivity (Wildman–Crippen MR) is 129 cm³/mol. The highest BCUT2D eigenvalue weighted by Crippen LogP contribution is 2.29. The van der Waals surface area contributed by atoms with Gasteiger partial charge in [0.2, 0.25) is 11.8 Å². The van der Waals surface area contributed by atoms with E-state index in [-0.39, 0.29) is 5.82 Å². The summed E-state index contributed by atoms with van der Waals surface area (Å²) in [5, 5.41) is 14.2. The Labute approximate surface area is 194 Å². The number of nitrogens with zero attached hydrogens (tertiary/aromatic N) is 4. The highest BCUT2D eigenvalue weighted by molar-refractivity contribution is 5.93. The fourth-order valence-electron chi connectivity index (χ4n) is 3.87. The molecule has 0 fully saturated rings. The van der Waals surface area contributed by atoms with E-state index in [0.29, 0.717) is 11.8 Å². The smallest absolute Gasteiger partial charge is 0.250 e. The molecule has 3 aromatic heterocycles. The van der Waals surface area contributed by atoms with Gasteiger partial charge in [0, 0.05) is 40.5 Å². The summed E-state index contributed by atoms with van der Waals surface area (Å²) in [6, 6.07) is 24.0. The van der Waals surface area contributed by atoms with Crippen LogP contribution in [0.15, 0.2) is 95.7 Å². The molecule has 0 atom stereocenters. The van der Waals surface area contributed by atoms with Crippen molar-refractivity contribution in [2.45, 2.75) is 0 Å². The van der Waals surface area contributed by atoms with Crippen LogP contribution in [0.5, 0.6) is 0 Å². The van der Waals surface area contributed by atoms with Gasteiger partial charge >= 0.3 is 0 Å². The Kier molecular flexibility index (Phi) is 4.85. The quantitative estimate of drug-likeness (QED) is 0.333. The van der Waals surface area contributed by atoms with Crippen LogP contribution < -0.4 is 0 Å². The van der Waals surface area contributed by atoms with Crippen molar-refractivity contribution >= 4 is 23.1 Å². The van der Waals surface area contributed by atoms with Gasteiger partial charge in [0.05, 0.1) is 16.9 Å². The maximum atomic E-state index is 13.5. The minimum Gasteiger partial charge on any atom is -0.417 e. The third kappa shape index (κ3) is 3.69. The number of H-pyrrole nitrogens is 1.